The van der Waals surface area contributed by atoms with E-state index in [1.54, 1.807) is 16.7 Å². The molecule has 0 aliphatic carbocycles. The van der Waals surface area contributed by atoms with Gasteiger partial charge >= 0.3 is 0 Å². The normalized spacial score (nSPS) is 17.2. The van der Waals surface area contributed by atoms with Crippen LogP contribution in [-0.4, -0.2) is 62.2 Å². The highest BCUT2D eigenvalue weighted by molar-refractivity contribution is 8.00. The summed E-state index contributed by atoms with van der Waals surface area (Å²) in [7, 11) is 2.14. The minimum Gasteiger partial charge on any atom is -0.369 e. The van der Waals surface area contributed by atoms with Crippen molar-refractivity contribution in [1.29, 1.82) is 0 Å². The highest BCUT2D eigenvalue weighted by atomic mass is 32.2. The molecule has 152 valence electrons. The number of carbonyl (C=O) groups is 2. The van der Waals surface area contributed by atoms with Crippen molar-refractivity contribution >= 4 is 40.6 Å². The van der Waals surface area contributed by atoms with Crippen LogP contribution in [0.25, 0.3) is 0 Å². The van der Waals surface area contributed by atoms with E-state index >= 15 is 0 Å². The first-order valence-electron chi connectivity index (χ1n) is 9.96. The average molecular weight is 411 g/mol. The fraction of sp³-hybridized carbons (Fsp3) is 0.364. The van der Waals surface area contributed by atoms with E-state index in [9.17, 15) is 9.59 Å². The van der Waals surface area contributed by atoms with E-state index in [1.807, 2.05) is 36.4 Å². The first-order chi connectivity index (χ1) is 14.1. The number of rotatable bonds is 5. The quantitative estimate of drug-likeness (QED) is 0.822. The van der Waals surface area contributed by atoms with Gasteiger partial charge in [-0.1, -0.05) is 12.1 Å². The van der Waals surface area contributed by atoms with Crippen molar-refractivity contribution in [3.05, 3.63) is 48.5 Å². The zero-order valence-corrected chi connectivity index (χ0v) is 17.5. The van der Waals surface area contributed by atoms with E-state index in [0.29, 0.717) is 12.3 Å². The number of hydrogen-bond donors (Lipinski definition) is 1. The lowest BCUT2D eigenvalue weighted by atomic mass is 10.2. The highest BCUT2D eigenvalue weighted by Gasteiger charge is 2.24. The summed E-state index contributed by atoms with van der Waals surface area (Å²) in [5.74, 6) is 0.394. The number of thioether (sulfide) groups is 1. The Labute approximate surface area is 175 Å². The van der Waals surface area contributed by atoms with Crippen LogP contribution in [-0.2, 0) is 9.59 Å². The maximum absolute atomic E-state index is 12.4. The van der Waals surface area contributed by atoms with Crippen molar-refractivity contribution in [2.75, 3.05) is 60.6 Å². The fourth-order valence-corrected chi connectivity index (χ4v) is 4.59. The predicted molar refractivity (Wildman–Crippen MR) is 119 cm³/mol. The van der Waals surface area contributed by atoms with Crippen LogP contribution in [0.4, 0.5) is 17.1 Å². The maximum atomic E-state index is 12.4. The minimum atomic E-state index is -0.0825. The summed E-state index contributed by atoms with van der Waals surface area (Å²) >= 11 is 1.55. The summed E-state index contributed by atoms with van der Waals surface area (Å²) in [4.78, 5) is 32.2. The topological polar surface area (TPSA) is 55.9 Å². The molecule has 4 rings (SSSR count). The molecule has 2 aromatic rings. The van der Waals surface area contributed by atoms with Crippen molar-refractivity contribution < 1.29 is 9.59 Å². The molecule has 29 heavy (non-hydrogen) atoms. The van der Waals surface area contributed by atoms with Crippen LogP contribution in [0.2, 0.25) is 0 Å². The molecule has 0 bridgehead atoms. The number of para-hydroxylation sites is 1. The molecule has 0 saturated carbocycles. The zero-order valence-electron chi connectivity index (χ0n) is 16.6. The molecule has 2 amide bonds. The summed E-state index contributed by atoms with van der Waals surface area (Å²) < 4.78 is 0. The van der Waals surface area contributed by atoms with Crippen LogP contribution in [0.5, 0.6) is 0 Å². The second-order valence-electron chi connectivity index (χ2n) is 7.44. The molecular weight excluding hydrogens is 384 g/mol. The first-order valence-corrected chi connectivity index (χ1v) is 10.9. The number of hydrogen-bond acceptors (Lipinski definition) is 5. The van der Waals surface area contributed by atoms with Gasteiger partial charge in [0.1, 0.15) is 0 Å². The molecule has 6 nitrogen and oxygen atoms in total. The van der Waals surface area contributed by atoms with Gasteiger partial charge in [-0.3, -0.25) is 9.59 Å². The monoisotopic (exact) mass is 410 g/mol. The van der Waals surface area contributed by atoms with Gasteiger partial charge in [0.2, 0.25) is 11.8 Å². The van der Waals surface area contributed by atoms with Gasteiger partial charge in [-0.25, -0.2) is 0 Å². The lowest BCUT2D eigenvalue weighted by Gasteiger charge is -2.34. The van der Waals surface area contributed by atoms with Crippen molar-refractivity contribution in [3.8, 4) is 0 Å². The van der Waals surface area contributed by atoms with Gasteiger partial charge in [0.05, 0.1) is 11.4 Å². The summed E-state index contributed by atoms with van der Waals surface area (Å²) in [5, 5.41) is 2.95. The Hall–Kier alpha value is -2.51. The van der Waals surface area contributed by atoms with Crippen LogP contribution in [0.1, 0.15) is 6.42 Å². The van der Waals surface area contributed by atoms with Crippen LogP contribution in [0.15, 0.2) is 53.4 Å². The SMILES string of the molecule is CN1CCN(c2ccc(NC(=O)CCN3C(=O)CSc4ccccc43)cc2)CC1. The molecule has 2 heterocycles. The highest BCUT2D eigenvalue weighted by Crippen LogP contribution is 2.34. The van der Waals surface area contributed by atoms with Crippen LogP contribution < -0.4 is 15.1 Å². The molecule has 0 aromatic heterocycles. The number of anilines is 3. The van der Waals surface area contributed by atoms with Crippen molar-refractivity contribution in [2.24, 2.45) is 0 Å². The number of piperazine rings is 1. The molecular formula is C22H26N4O2S. The van der Waals surface area contributed by atoms with Crippen molar-refractivity contribution in [1.82, 2.24) is 4.90 Å². The smallest absolute Gasteiger partial charge is 0.237 e. The number of fused-ring (bicyclic) bond motifs is 1. The third-order valence-corrected chi connectivity index (χ3v) is 6.44. The second kappa shape index (κ2) is 8.88. The number of likely N-dealkylation sites (N-methyl/N-ethyl adjacent to an activating group) is 1. The number of nitrogens with zero attached hydrogens (tertiary/aromatic N) is 3. The van der Waals surface area contributed by atoms with Gasteiger partial charge in [-0.15, -0.1) is 11.8 Å². The second-order valence-corrected chi connectivity index (χ2v) is 8.45. The van der Waals surface area contributed by atoms with Crippen LogP contribution >= 0.6 is 11.8 Å². The Kier molecular flexibility index (Phi) is 6.06. The van der Waals surface area contributed by atoms with E-state index in [-0.39, 0.29) is 18.2 Å². The third-order valence-electron chi connectivity index (χ3n) is 5.39. The third kappa shape index (κ3) is 4.74. The van der Waals surface area contributed by atoms with E-state index < -0.39 is 0 Å². The van der Waals surface area contributed by atoms with Crippen molar-refractivity contribution in [2.45, 2.75) is 11.3 Å². The van der Waals surface area contributed by atoms with E-state index in [0.717, 1.165) is 42.4 Å². The number of amides is 2. The Morgan fingerprint density at radius 2 is 1.76 bits per heavy atom. The van der Waals surface area contributed by atoms with Crippen molar-refractivity contribution in [3.63, 3.8) is 0 Å². The Bertz CT molecular complexity index is 879. The molecule has 1 N–H and O–H groups in total. The summed E-state index contributed by atoms with van der Waals surface area (Å²) in [6, 6.07) is 15.9. The van der Waals surface area contributed by atoms with Crippen LogP contribution in [0.3, 0.4) is 0 Å². The molecule has 0 atom stereocenters. The lowest BCUT2D eigenvalue weighted by Crippen LogP contribution is -2.44. The van der Waals surface area contributed by atoms with Gasteiger partial charge in [0.25, 0.3) is 0 Å². The number of carbonyl (C=O) groups excluding carboxylic acids is 2. The van der Waals surface area contributed by atoms with Gasteiger partial charge in [0.15, 0.2) is 0 Å². The van der Waals surface area contributed by atoms with E-state index in [4.69, 9.17) is 0 Å². The molecule has 1 saturated heterocycles. The summed E-state index contributed by atoms with van der Waals surface area (Å²) in [6.45, 7) is 4.56. The molecule has 0 unspecified atom stereocenters. The maximum Gasteiger partial charge on any atom is 0.237 e. The van der Waals surface area contributed by atoms with E-state index in [2.05, 4.69) is 34.3 Å². The first kappa shape index (κ1) is 19.8. The number of nitrogens with one attached hydrogen (secondary N) is 1. The minimum absolute atomic E-state index is 0.0537. The summed E-state index contributed by atoms with van der Waals surface area (Å²) in [6.07, 6.45) is 0.269. The predicted octanol–water partition coefficient (Wildman–Crippen LogP) is 2.91. The molecule has 2 aromatic carbocycles. The largest absolute Gasteiger partial charge is 0.369 e. The molecule has 1 fully saturated rings. The van der Waals surface area contributed by atoms with Gasteiger partial charge in [0, 0.05) is 55.4 Å². The zero-order chi connectivity index (χ0) is 20.2. The standard InChI is InChI=1S/C22H26N4O2S/c1-24-12-14-25(15-13-24)18-8-6-17(7-9-18)23-21(27)10-11-26-19-4-2-3-5-20(19)29-16-22(26)28/h2-9H,10-16H2,1H3,(H,23,27). The number of benzene rings is 2. The Morgan fingerprint density at radius 3 is 2.52 bits per heavy atom. The average Bonchev–Trinajstić information content (AvgIpc) is 2.74. The van der Waals surface area contributed by atoms with Gasteiger partial charge < -0.3 is 20.0 Å². The van der Waals surface area contributed by atoms with Gasteiger partial charge in [-0.05, 0) is 43.4 Å². The molecule has 7 heteroatoms. The molecule has 2 aliphatic heterocycles. The Morgan fingerprint density at radius 1 is 1.03 bits per heavy atom. The summed E-state index contributed by atoms with van der Waals surface area (Å²) in [5.41, 5.74) is 2.87. The molecule has 2 aliphatic rings. The fourth-order valence-electron chi connectivity index (χ4n) is 3.66. The van der Waals surface area contributed by atoms with E-state index in [1.165, 1.54) is 5.69 Å². The molecule has 0 spiro atoms. The Balaban J connectivity index is 1.32. The molecule has 0 radical (unpaired) electrons. The van der Waals surface area contributed by atoms with Crippen LogP contribution in [0, 0.1) is 0 Å². The van der Waals surface area contributed by atoms with Gasteiger partial charge in [-0.2, -0.15) is 0 Å². The lowest BCUT2D eigenvalue weighted by molar-refractivity contribution is -0.117.